The summed E-state index contributed by atoms with van der Waals surface area (Å²) in [5, 5.41) is 0. The Hall–Kier alpha value is -0.570. The lowest BCUT2D eigenvalue weighted by atomic mass is 9.87. The average Bonchev–Trinajstić information content (AvgIpc) is 2.81. The molecule has 2 saturated heterocycles. The Morgan fingerprint density at radius 2 is 2.27 bits per heavy atom. The van der Waals surface area contributed by atoms with Crippen molar-refractivity contribution < 1.29 is 9.53 Å². The van der Waals surface area contributed by atoms with E-state index in [0.29, 0.717) is 17.2 Å². The Labute approximate surface area is 90.8 Å². The first-order chi connectivity index (χ1) is 7.27. The number of carbonyl (C=O) groups excluding carboxylic acids is 1. The fourth-order valence-corrected chi connectivity index (χ4v) is 2.82. The predicted octanol–water partition coefficient (Wildman–Crippen LogP) is 1.43. The van der Waals surface area contributed by atoms with Crippen LogP contribution in [0.5, 0.6) is 0 Å². The minimum Gasteiger partial charge on any atom is -0.381 e. The van der Waals surface area contributed by atoms with E-state index in [2.05, 4.69) is 4.90 Å². The minimum absolute atomic E-state index is 0.333. The number of carbonyl (C=O) groups is 1. The van der Waals surface area contributed by atoms with Gasteiger partial charge in [-0.2, -0.15) is 0 Å². The van der Waals surface area contributed by atoms with Gasteiger partial charge in [-0.3, -0.25) is 4.79 Å². The zero-order valence-corrected chi connectivity index (χ0v) is 9.21. The lowest BCUT2D eigenvalue weighted by Gasteiger charge is -2.21. The SMILES string of the molecule is O=C(CC1CC1)N1CCC2(CCOC2)C1. The van der Waals surface area contributed by atoms with Gasteiger partial charge in [-0.15, -0.1) is 0 Å². The highest BCUT2D eigenvalue weighted by Crippen LogP contribution is 2.39. The molecule has 0 aromatic heterocycles. The van der Waals surface area contributed by atoms with Crippen molar-refractivity contribution in [1.82, 2.24) is 4.90 Å². The van der Waals surface area contributed by atoms with Gasteiger partial charge in [0.25, 0.3) is 0 Å². The van der Waals surface area contributed by atoms with Crippen molar-refractivity contribution in [2.24, 2.45) is 11.3 Å². The number of rotatable bonds is 2. The molecule has 3 rings (SSSR count). The Kier molecular flexibility index (Phi) is 2.23. The van der Waals surface area contributed by atoms with Crippen molar-refractivity contribution in [1.29, 1.82) is 0 Å². The van der Waals surface area contributed by atoms with Gasteiger partial charge < -0.3 is 9.64 Å². The highest BCUT2D eigenvalue weighted by Gasteiger charge is 2.43. The second-order valence-corrected chi connectivity index (χ2v) is 5.52. The van der Waals surface area contributed by atoms with E-state index >= 15 is 0 Å². The quantitative estimate of drug-likeness (QED) is 0.688. The molecule has 0 aromatic carbocycles. The third-order valence-electron chi connectivity index (χ3n) is 4.14. The van der Waals surface area contributed by atoms with Gasteiger partial charge >= 0.3 is 0 Å². The molecule has 2 aliphatic heterocycles. The molecule has 1 aliphatic carbocycles. The van der Waals surface area contributed by atoms with Crippen molar-refractivity contribution in [2.75, 3.05) is 26.3 Å². The number of amides is 1. The van der Waals surface area contributed by atoms with Crippen LogP contribution in [0, 0.1) is 11.3 Å². The summed E-state index contributed by atoms with van der Waals surface area (Å²) >= 11 is 0. The third-order valence-corrected chi connectivity index (χ3v) is 4.14. The second-order valence-electron chi connectivity index (χ2n) is 5.52. The smallest absolute Gasteiger partial charge is 0.222 e. The maximum Gasteiger partial charge on any atom is 0.222 e. The van der Waals surface area contributed by atoms with Gasteiger partial charge in [0.05, 0.1) is 6.61 Å². The maximum absolute atomic E-state index is 11.9. The van der Waals surface area contributed by atoms with Crippen molar-refractivity contribution in [3.63, 3.8) is 0 Å². The molecule has 1 spiro atoms. The molecule has 3 fully saturated rings. The van der Waals surface area contributed by atoms with Crippen molar-refractivity contribution >= 4 is 5.91 Å². The fourth-order valence-electron chi connectivity index (χ4n) is 2.82. The summed E-state index contributed by atoms with van der Waals surface area (Å²) in [6.45, 7) is 3.69. The van der Waals surface area contributed by atoms with E-state index in [4.69, 9.17) is 4.74 Å². The van der Waals surface area contributed by atoms with E-state index in [9.17, 15) is 4.79 Å². The monoisotopic (exact) mass is 209 g/mol. The van der Waals surface area contributed by atoms with Crippen LogP contribution in [0.4, 0.5) is 0 Å². The molecule has 3 heteroatoms. The molecule has 2 heterocycles. The van der Waals surface area contributed by atoms with E-state index in [1.807, 2.05) is 0 Å². The number of nitrogens with zero attached hydrogens (tertiary/aromatic N) is 1. The topological polar surface area (TPSA) is 29.5 Å². The van der Waals surface area contributed by atoms with E-state index in [1.165, 1.54) is 12.8 Å². The Morgan fingerprint density at radius 3 is 2.93 bits per heavy atom. The van der Waals surface area contributed by atoms with E-state index in [1.54, 1.807) is 0 Å². The van der Waals surface area contributed by atoms with Crippen LogP contribution in [-0.4, -0.2) is 37.1 Å². The van der Waals surface area contributed by atoms with Gasteiger partial charge in [0.15, 0.2) is 0 Å². The first kappa shape index (κ1) is 9.64. The molecule has 1 saturated carbocycles. The van der Waals surface area contributed by atoms with Gasteiger partial charge in [-0.1, -0.05) is 0 Å². The lowest BCUT2D eigenvalue weighted by molar-refractivity contribution is -0.130. The van der Waals surface area contributed by atoms with Crippen LogP contribution >= 0.6 is 0 Å². The Balaban J connectivity index is 1.57. The van der Waals surface area contributed by atoms with Gasteiger partial charge in [0.1, 0.15) is 0 Å². The number of likely N-dealkylation sites (tertiary alicyclic amines) is 1. The first-order valence-electron chi connectivity index (χ1n) is 6.13. The van der Waals surface area contributed by atoms with Crippen molar-refractivity contribution in [3.8, 4) is 0 Å². The van der Waals surface area contributed by atoms with Crippen LogP contribution in [0.3, 0.4) is 0 Å². The highest BCUT2D eigenvalue weighted by molar-refractivity contribution is 5.77. The first-order valence-corrected chi connectivity index (χ1v) is 6.13. The zero-order valence-electron chi connectivity index (χ0n) is 9.21. The molecular formula is C12H19NO2. The summed E-state index contributed by atoms with van der Waals surface area (Å²) in [6, 6.07) is 0. The molecule has 1 atom stereocenters. The molecular weight excluding hydrogens is 190 g/mol. The highest BCUT2D eigenvalue weighted by atomic mass is 16.5. The van der Waals surface area contributed by atoms with Gasteiger partial charge in [0.2, 0.25) is 5.91 Å². The molecule has 3 nitrogen and oxygen atoms in total. The van der Waals surface area contributed by atoms with Crippen LogP contribution in [0.2, 0.25) is 0 Å². The summed E-state index contributed by atoms with van der Waals surface area (Å²) in [7, 11) is 0. The Bertz CT molecular complexity index is 267. The minimum atomic E-state index is 0.333. The molecule has 1 unspecified atom stereocenters. The van der Waals surface area contributed by atoms with Gasteiger partial charge in [-0.25, -0.2) is 0 Å². The maximum atomic E-state index is 11.9. The molecule has 15 heavy (non-hydrogen) atoms. The second kappa shape index (κ2) is 3.48. The van der Waals surface area contributed by atoms with Gasteiger partial charge in [-0.05, 0) is 31.6 Å². The number of ether oxygens (including phenoxy) is 1. The summed E-state index contributed by atoms with van der Waals surface area (Å²) < 4.78 is 5.47. The molecule has 0 N–H and O–H groups in total. The van der Waals surface area contributed by atoms with Crippen LogP contribution in [0.15, 0.2) is 0 Å². The Morgan fingerprint density at radius 1 is 1.40 bits per heavy atom. The van der Waals surface area contributed by atoms with Crippen molar-refractivity contribution in [3.05, 3.63) is 0 Å². The molecule has 0 aromatic rings. The summed E-state index contributed by atoms with van der Waals surface area (Å²) in [6.07, 6.45) is 5.65. The fraction of sp³-hybridized carbons (Fsp3) is 0.917. The predicted molar refractivity (Wildman–Crippen MR) is 56.4 cm³/mol. The van der Waals surface area contributed by atoms with Crippen LogP contribution in [0.1, 0.15) is 32.1 Å². The molecule has 0 bridgehead atoms. The van der Waals surface area contributed by atoms with Gasteiger partial charge in [0, 0.05) is 31.5 Å². The number of hydrogen-bond acceptors (Lipinski definition) is 2. The third kappa shape index (κ3) is 1.89. The van der Waals surface area contributed by atoms with E-state index in [-0.39, 0.29) is 0 Å². The summed E-state index contributed by atoms with van der Waals surface area (Å²) in [5.41, 5.74) is 0.333. The standard InChI is InChI=1S/C12H19NO2/c14-11(7-10-1-2-10)13-5-3-12(8-13)4-6-15-9-12/h10H,1-9H2. The lowest BCUT2D eigenvalue weighted by Crippen LogP contribution is -2.32. The van der Waals surface area contributed by atoms with E-state index < -0.39 is 0 Å². The number of hydrogen-bond donors (Lipinski definition) is 0. The summed E-state index contributed by atoms with van der Waals surface area (Å²) in [5.74, 6) is 1.11. The average molecular weight is 209 g/mol. The molecule has 1 amide bonds. The molecule has 0 radical (unpaired) electrons. The zero-order chi connectivity index (χ0) is 10.3. The van der Waals surface area contributed by atoms with Crippen molar-refractivity contribution in [2.45, 2.75) is 32.1 Å². The summed E-state index contributed by atoms with van der Waals surface area (Å²) in [4.78, 5) is 14.0. The largest absolute Gasteiger partial charge is 0.381 e. The van der Waals surface area contributed by atoms with E-state index in [0.717, 1.165) is 45.6 Å². The van der Waals surface area contributed by atoms with Crippen LogP contribution in [-0.2, 0) is 9.53 Å². The van der Waals surface area contributed by atoms with Crippen LogP contribution in [0.25, 0.3) is 0 Å². The normalized spacial score (nSPS) is 35.3. The molecule has 3 aliphatic rings. The van der Waals surface area contributed by atoms with Crippen LogP contribution < -0.4 is 0 Å². The molecule has 84 valence electrons.